The maximum Gasteiger partial charge on any atom is 0.203 e. The summed E-state index contributed by atoms with van der Waals surface area (Å²) in [7, 11) is 0. The Balaban J connectivity index is 2.23. The van der Waals surface area contributed by atoms with Gasteiger partial charge in [0.2, 0.25) is 5.13 Å². The highest BCUT2D eigenvalue weighted by Gasteiger charge is 2.04. The summed E-state index contributed by atoms with van der Waals surface area (Å²) in [6.07, 6.45) is 1.83. The highest BCUT2D eigenvalue weighted by Crippen LogP contribution is 2.13. The fourth-order valence-electron chi connectivity index (χ4n) is 1.13. The van der Waals surface area contributed by atoms with E-state index in [1.54, 1.807) is 10.6 Å². The molecule has 0 aliphatic carbocycles. The number of rotatable bonds is 2. The van der Waals surface area contributed by atoms with Crippen LogP contribution < -0.4 is 5.73 Å². The van der Waals surface area contributed by atoms with E-state index in [1.807, 2.05) is 12.3 Å². The predicted molar refractivity (Wildman–Crippen MR) is 52.6 cm³/mol. The highest BCUT2D eigenvalue weighted by molar-refractivity contribution is 7.15. The first-order valence-electron chi connectivity index (χ1n) is 3.92. The van der Waals surface area contributed by atoms with Crippen LogP contribution in [-0.2, 0) is 6.54 Å². The second kappa shape index (κ2) is 3.47. The molecule has 2 aromatic heterocycles. The van der Waals surface area contributed by atoms with E-state index < -0.39 is 0 Å². The van der Waals surface area contributed by atoms with Crippen LogP contribution >= 0.6 is 11.3 Å². The molecule has 0 aliphatic rings. The van der Waals surface area contributed by atoms with Gasteiger partial charge in [0.1, 0.15) is 16.8 Å². The minimum atomic E-state index is 0.450. The van der Waals surface area contributed by atoms with Gasteiger partial charge in [0.05, 0.1) is 6.54 Å². The van der Waals surface area contributed by atoms with Crippen LogP contribution in [0.2, 0.25) is 0 Å². The zero-order valence-corrected chi connectivity index (χ0v) is 8.03. The lowest BCUT2D eigenvalue weighted by molar-refractivity contribution is 0.774. The van der Waals surface area contributed by atoms with E-state index in [-0.39, 0.29) is 0 Å². The average molecular weight is 205 g/mol. The van der Waals surface area contributed by atoms with Crippen molar-refractivity contribution in [1.29, 1.82) is 5.26 Å². The third-order valence-corrected chi connectivity index (χ3v) is 2.47. The van der Waals surface area contributed by atoms with Gasteiger partial charge in [0, 0.05) is 6.20 Å². The molecular formula is C8H7N5S. The van der Waals surface area contributed by atoms with Crippen LogP contribution in [0.5, 0.6) is 0 Å². The second-order valence-electron chi connectivity index (χ2n) is 2.67. The van der Waals surface area contributed by atoms with Gasteiger partial charge in [-0.05, 0) is 12.1 Å². The molecule has 6 heteroatoms. The van der Waals surface area contributed by atoms with Crippen LogP contribution in [0.4, 0.5) is 5.13 Å². The van der Waals surface area contributed by atoms with Gasteiger partial charge < -0.3 is 10.3 Å². The van der Waals surface area contributed by atoms with E-state index in [0.29, 0.717) is 17.4 Å². The summed E-state index contributed by atoms with van der Waals surface area (Å²) < 4.78 is 1.81. The zero-order chi connectivity index (χ0) is 9.97. The Kier molecular flexibility index (Phi) is 2.16. The molecule has 0 spiro atoms. The summed E-state index contributed by atoms with van der Waals surface area (Å²) in [5.74, 6) is 0. The van der Waals surface area contributed by atoms with Gasteiger partial charge in [-0.15, -0.1) is 10.2 Å². The van der Waals surface area contributed by atoms with Gasteiger partial charge >= 0.3 is 0 Å². The van der Waals surface area contributed by atoms with Crippen molar-refractivity contribution in [3.05, 3.63) is 29.0 Å². The van der Waals surface area contributed by atoms with Crippen molar-refractivity contribution in [3.63, 3.8) is 0 Å². The molecular weight excluding hydrogens is 198 g/mol. The summed E-state index contributed by atoms with van der Waals surface area (Å²) in [5.41, 5.74) is 6.06. The SMILES string of the molecule is N#Cc1cccn1Cc1nnc(N)s1. The molecule has 0 aliphatic heterocycles. The van der Waals surface area contributed by atoms with Crippen molar-refractivity contribution in [2.45, 2.75) is 6.54 Å². The lowest BCUT2D eigenvalue weighted by atomic mass is 10.5. The molecule has 70 valence electrons. The van der Waals surface area contributed by atoms with Crippen molar-refractivity contribution in [2.24, 2.45) is 0 Å². The maximum atomic E-state index is 8.76. The Morgan fingerprint density at radius 3 is 3.07 bits per heavy atom. The molecule has 0 radical (unpaired) electrons. The summed E-state index contributed by atoms with van der Waals surface area (Å²) in [4.78, 5) is 0. The molecule has 2 heterocycles. The number of nitrogen functional groups attached to an aromatic ring is 1. The van der Waals surface area contributed by atoms with Gasteiger partial charge in [-0.2, -0.15) is 5.26 Å². The minimum absolute atomic E-state index is 0.450. The van der Waals surface area contributed by atoms with Gasteiger partial charge in [0.15, 0.2) is 0 Å². The Morgan fingerprint density at radius 2 is 2.43 bits per heavy atom. The van der Waals surface area contributed by atoms with Crippen LogP contribution in [0.25, 0.3) is 0 Å². The van der Waals surface area contributed by atoms with Crippen molar-refractivity contribution >= 4 is 16.5 Å². The third-order valence-electron chi connectivity index (χ3n) is 1.73. The molecule has 14 heavy (non-hydrogen) atoms. The van der Waals surface area contributed by atoms with E-state index >= 15 is 0 Å². The lowest BCUT2D eigenvalue weighted by Gasteiger charge is -1.99. The monoisotopic (exact) mass is 205 g/mol. The summed E-state index contributed by atoms with van der Waals surface area (Å²) in [5, 5.41) is 17.6. The zero-order valence-electron chi connectivity index (χ0n) is 7.21. The van der Waals surface area contributed by atoms with Gasteiger partial charge in [0.25, 0.3) is 0 Å². The second-order valence-corrected chi connectivity index (χ2v) is 3.76. The van der Waals surface area contributed by atoms with Crippen LogP contribution in [0.1, 0.15) is 10.7 Å². The highest BCUT2D eigenvalue weighted by atomic mass is 32.1. The van der Waals surface area contributed by atoms with Gasteiger partial charge in [-0.3, -0.25) is 0 Å². The molecule has 0 saturated carbocycles. The molecule has 2 N–H and O–H groups in total. The van der Waals surface area contributed by atoms with E-state index in [4.69, 9.17) is 11.0 Å². The molecule has 0 aromatic carbocycles. The smallest absolute Gasteiger partial charge is 0.203 e. The van der Waals surface area contributed by atoms with Crippen LogP contribution in [0.3, 0.4) is 0 Å². The standard InChI is InChI=1S/C8H7N5S/c9-4-6-2-1-3-13(6)5-7-11-12-8(10)14-7/h1-3H,5H2,(H2,10,12). The Bertz CT molecular complexity index is 478. The topological polar surface area (TPSA) is 80.5 Å². The molecule has 0 amide bonds. The molecule has 2 aromatic rings. The predicted octanol–water partition coefficient (Wildman–Crippen LogP) is 0.842. The normalized spacial score (nSPS) is 9.93. The first kappa shape index (κ1) is 8.72. The molecule has 0 bridgehead atoms. The Hall–Kier alpha value is -1.87. The minimum Gasteiger partial charge on any atom is -0.374 e. The van der Waals surface area contributed by atoms with Crippen LogP contribution in [0, 0.1) is 11.3 Å². The number of nitrogens with zero attached hydrogens (tertiary/aromatic N) is 4. The lowest BCUT2D eigenvalue weighted by Crippen LogP contribution is -1.99. The fourth-order valence-corrected chi connectivity index (χ4v) is 1.74. The number of hydrogen-bond donors (Lipinski definition) is 1. The van der Waals surface area contributed by atoms with Crippen molar-refractivity contribution < 1.29 is 0 Å². The quantitative estimate of drug-likeness (QED) is 0.787. The molecule has 0 saturated heterocycles. The maximum absolute atomic E-state index is 8.76. The number of nitriles is 1. The Labute approximate surface area is 84.4 Å². The molecule has 0 atom stereocenters. The van der Waals surface area contributed by atoms with Crippen molar-refractivity contribution in [2.75, 3.05) is 5.73 Å². The number of aromatic nitrogens is 3. The van der Waals surface area contributed by atoms with E-state index in [1.165, 1.54) is 11.3 Å². The number of nitrogens with two attached hydrogens (primary N) is 1. The number of anilines is 1. The largest absolute Gasteiger partial charge is 0.374 e. The van der Waals surface area contributed by atoms with Crippen molar-refractivity contribution in [3.8, 4) is 6.07 Å². The fraction of sp³-hybridized carbons (Fsp3) is 0.125. The molecule has 0 fully saturated rings. The molecule has 2 rings (SSSR count). The van der Waals surface area contributed by atoms with E-state index in [0.717, 1.165) is 5.01 Å². The summed E-state index contributed by atoms with van der Waals surface area (Å²) in [6.45, 7) is 0.546. The third kappa shape index (κ3) is 1.58. The summed E-state index contributed by atoms with van der Waals surface area (Å²) >= 11 is 1.33. The van der Waals surface area contributed by atoms with Crippen LogP contribution in [-0.4, -0.2) is 14.8 Å². The van der Waals surface area contributed by atoms with Crippen molar-refractivity contribution in [1.82, 2.24) is 14.8 Å². The Morgan fingerprint density at radius 1 is 1.57 bits per heavy atom. The summed E-state index contributed by atoms with van der Waals surface area (Å²) in [6, 6.07) is 5.67. The number of hydrogen-bond acceptors (Lipinski definition) is 5. The van der Waals surface area contributed by atoms with Gasteiger partial charge in [-0.1, -0.05) is 11.3 Å². The first-order chi connectivity index (χ1) is 6.79. The average Bonchev–Trinajstić information content (AvgIpc) is 2.76. The van der Waals surface area contributed by atoms with E-state index in [2.05, 4.69) is 16.3 Å². The molecule has 0 unspecified atom stereocenters. The first-order valence-corrected chi connectivity index (χ1v) is 4.74. The molecule has 5 nitrogen and oxygen atoms in total. The van der Waals surface area contributed by atoms with Crippen LogP contribution in [0.15, 0.2) is 18.3 Å². The van der Waals surface area contributed by atoms with Gasteiger partial charge in [-0.25, -0.2) is 0 Å². The van der Waals surface area contributed by atoms with E-state index in [9.17, 15) is 0 Å².